The number of aryl methyl sites for hydroxylation is 1. The van der Waals surface area contributed by atoms with Gasteiger partial charge in [-0.2, -0.15) is 5.21 Å². The van der Waals surface area contributed by atoms with Crippen LogP contribution in [-0.4, -0.2) is 37.6 Å². The average molecular weight is 349 g/mol. The Hall–Kier alpha value is -3.29. The first-order chi connectivity index (χ1) is 12.6. The smallest absolute Gasteiger partial charge is 0.227 e. The van der Waals surface area contributed by atoms with E-state index in [2.05, 4.69) is 30.9 Å². The van der Waals surface area contributed by atoms with E-state index in [0.29, 0.717) is 18.1 Å². The van der Waals surface area contributed by atoms with Crippen LogP contribution in [0.4, 0.5) is 17.2 Å². The molecule has 1 aromatic carbocycles. The van der Waals surface area contributed by atoms with E-state index in [4.69, 9.17) is 0 Å². The SMILES string of the molecule is CC(C)N1C(=O)CCc2cnc(Nc3ccc(-c4nn[nH]n4)cc3)cc21. The second kappa shape index (κ2) is 6.55. The van der Waals surface area contributed by atoms with Gasteiger partial charge in [0.05, 0.1) is 5.69 Å². The fraction of sp³-hybridized carbons (Fsp3) is 0.278. The first-order valence-corrected chi connectivity index (χ1v) is 8.53. The third-order valence-corrected chi connectivity index (χ3v) is 4.38. The van der Waals surface area contributed by atoms with Gasteiger partial charge in [-0.05, 0) is 55.3 Å². The monoisotopic (exact) mass is 349 g/mol. The van der Waals surface area contributed by atoms with Gasteiger partial charge in [0.2, 0.25) is 11.7 Å². The molecule has 26 heavy (non-hydrogen) atoms. The van der Waals surface area contributed by atoms with Crippen LogP contribution in [0.5, 0.6) is 0 Å². The Bertz CT molecular complexity index is 919. The van der Waals surface area contributed by atoms with Crippen LogP contribution in [0.25, 0.3) is 11.4 Å². The van der Waals surface area contributed by atoms with Crippen molar-refractivity contribution >= 4 is 23.1 Å². The normalized spacial score (nSPS) is 13.8. The molecule has 3 heterocycles. The highest BCUT2D eigenvalue weighted by Gasteiger charge is 2.26. The molecule has 2 N–H and O–H groups in total. The van der Waals surface area contributed by atoms with Crippen LogP contribution in [0.2, 0.25) is 0 Å². The molecular weight excluding hydrogens is 330 g/mol. The minimum atomic E-state index is 0.117. The Kier molecular flexibility index (Phi) is 4.08. The lowest BCUT2D eigenvalue weighted by atomic mass is 10.0. The number of carbonyl (C=O) groups excluding carboxylic acids is 1. The summed E-state index contributed by atoms with van der Waals surface area (Å²) in [5.41, 5.74) is 3.82. The van der Waals surface area contributed by atoms with Gasteiger partial charge in [0.25, 0.3) is 0 Å². The number of tetrazole rings is 1. The number of anilines is 3. The number of H-pyrrole nitrogens is 1. The predicted molar refractivity (Wildman–Crippen MR) is 98.1 cm³/mol. The van der Waals surface area contributed by atoms with Gasteiger partial charge in [0, 0.05) is 36.0 Å². The van der Waals surface area contributed by atoms with Gasteiger partial charge in [-0.1, -0.05) is 0 Å². The maximum absolute atomic E-state index is 12.3. The third kappa shape index (κ3) is 3.01. The minimum absolute atomic E-state index is 0.117. The summed E-state index contributed by atoms with van der Waals surface area (Å²) in [6, 6.07) is 9.74. The number of rotatable bonds is 4. The summed E-state index contributed by atoms with van der Waals surface area (Å²) >= 11 is 0. The van der Waals surface area contributed by atoms with Gasteiger partial charge in [-0.15, -0.1) is 10.2 Å². The summed E-state index contributed by atoms with van der Waals surface area (Å²) in [6.45, 7) is 4.05. The summed E-state index contributed by atoms with van der Waals surface area (Å²) in [5.74, 6) is 1.42. The molecule has 0 spiro atoms. The van der Waals surface area contributed by atoms with E-state index < -0.39 is 0 Å². The van der Waals surface area contributed by atoms with Crippen molar-refractivity contribution < 1.29 is 4.79 Å². The second-order valence-corrected chi connectivity index (χ2v) is 6.49. The van der Waals surface area contributed by atoms with Crippen molar-refractivity contribution in [3.8, 4) is 11.4 Å². The molecule has 1 amide bonds. The van der Waals surface area contributed by atoms with Crippen molar-refractivity contribution in [1.82, 2.24) is 25.6 Å². The maximum atomic E-state index is 12.3. The molecule has 1 aliphatic heterocycles. The molecule has 0 unspecified atom stereocenters. The van der Waals surface area contributed by atoms with Crippen LogP contribution in [0.3, 0.4) is 0 Å². The molecule has 2 aromatic heterocycles. The quantitative estimate of drug-likeness (QED) is 0.751. The number of amides is 1. The molecule has 0 radical (unpaired) electrons. The zero-order chi connectivity index (χ0) is 18.1. The van der Waals surface area contributed by atoms with Crippen LogP contribution >= 0.6 is 0 Å². The predicted octanol–water partition coefficient (Wildman–Crippen LogP) is 2.69. The molecule has 0 bridgehead atoms. The van der Waals surface area contributed by atoms with Crippen molar-refractivity contribution in [2.45, 2.75) is 32.7 Å². The Labute approximate surface area is 150 Å². The number of hydrogen-bond acceptors (Lipinski definition) is 6. The van der Waals surface area contributed by atoms with Gasteiger partial charge in [0.15, 0.2) is 0 Å². The van der Waals surface area contributed by atoms with E-state index >= 15 is 0 Å². The average Bonchev–Trinajstić information content (AvgIpc) is 3.16. The maximum Gasteiger partial charge on any atom is 0.227 e. The summed E-state index contributed by atoms with van der Waals surface area (Å²) < 4.78 is 0. The molecule has 8 nitrogen and oxygen atoms in total. The lowest BCUT2D eigenvalue weighted by Gasteiger charge is -2.32. The Morgan fingerprint density at radius 1 is 1.19 bits per heavy atom. The number of nitrogens with one attached hydrogen (secondary N) is 2. The standard InChI is InChI=1S/C18H19N7O/c1-11(2)25-15-9-16(19-10-13(15)5-8-17(25)26)20-14-6-3-12(4-7-14)18-21-23-24-22-18/h3-4,6-7,9-11H,5,8H2,1-2H3,(H,19,20)(H,21,22,23,24). The van der Waals surface area contributed by atoms with Crippen molar-refractivity contribution in [1.29, 1.82) is 0 Å². The van der Waals surface area contributed by atoms with E-state index in [0.717, 1.165) is 28.9 Å². The molecular formula is C18H19N7O. The highest BCUT2D eigenvalue weighted by Crippen LogP contribution is 2.31. The number of carbonyl (C=O) groups is 1. The molecule has 0 saturated heterocycles. The van der Waals surface area contributed by atoms with Crippen molar-refractivity contribution in [3.63, 3.8) is 0 Å². The number of pyridine rings is 1. The van der Waals surface area contributed by atoms with Crippen molar-refractivity contribution in [2.75, 3.05) is 10.2 Å². The fourth-order valence-electron chi connectivity index (χ4n) is 3.16. The summed E-state index contributed by atoms with van der Waals surface area (Å²) in [4.78, 5) is 18.6. The Morgan fingerprint density at radius 2 is 2.00 bits per heavy atom. The number of hydrogen-bond donors (Lipinski definition) is 2. The molecule has 0 saturated carbocycles. The second-order valence-electron chi connectivity index (χ2n) is 6.49. The van der Waals surface area contributed by atoms with E-state index in [1.54, 1.807) is 0 Å². The van der Waals surface area contributed by atoms with Gasteiger partial charge >= 0.3 is 0 Å². The molecule has 0 fully saturated rings. The van der Waals surface area contributed by atoms with Crippen LogP contribution in [0.1, 0.15) is 25.8 Å². The number of nitrogens with zero attached hydrogens (tertiary/aromatic N) is 5. The van der Waals surface area contributed by atoms with E-state index in [1.807, 2.05) is 55.3 Å². The Balaban J connectivity index is 1.58. The number of benzene rings is 1. The van der Waals surface area contributed by atoms with Crippen LogP contribution in [0.15, 0.2) is 36.5 Å². The molecule has 3 aromatic rings. The third-order valence-electron chi connectivity index (χ3n) is 4.38. The fourth-order valence-corrected chi connectivity index (χ4v) is 3.16. The Morgan fingerprint density at radius 3 is 2.69 bits per heavy atom. The van der Waals surface area contributed by atoms with Crippen molar-refractivity contribution in [2.24, 2.45) is 0 Å². The topological polar surface area (TPSA) is 99.7 Å². The molecule has 1 aliphatic rings. The molecule has 4 rings (SSSR count). The highest BCUT2D eigenvalue weighted by atomic mass is 16.2. The molecule has 8 heteroatoms. The van der Waals surface area contributed by atoms with Crippen LogP contribution < -0.4 is 10.2 Å². The summed E-state index contributed by atoms with van der Waals surface area (Å²) in [7, 11) is 0. The van der Waals surface area contributed by atoms with Crippen molar-refractivity contribution in [3.05, 3.63) is 42.1 Å². The number of aromatic amines is 1. The van der Waals surface area contributed by atoms with Gasteiger partial charge in [-0.3, -0.25) is 4.79 Å². The largest absolute Gasteiger partial charge is 0.340 e. The first-order valence-electron chi connectivity index (χ1n) is 8.53. The number of aromatic nitrogens is 5. The van der Waals surface area contributed by atoms with E-state index in [1.165, 1.54) is 0 Å². The van der Waals surface area contributed by atoms with E-state index in [-0.39, 0.29) is 11.9 Å². The molecule has 0 atom stereocenters. The minimum Gasteiger partial charge on any atom is -0.340 e. The number of fused-ring (bicyclic) bond motifs is 1. The first kappa shape index (κ1) is 16.2. The lowest BCUT2D eigenvalue weighted by Crippen LogP contribution is -2.40. The van der Waals surface area contributed by atoms with Crippen LogP contribution in [0, 0.1) is 0 Å². The summed E-state index contributed by atoms with van der Waals surface area (Å²) in [6.07, 6.45) is 3.13. The summed E-state index contributed by atoms with van der Waals surface area (Å²) in [5, 5.41) is 17.2. The molecule has 0 aliphatic carbocycles. The van der Waals surface area contributed by atoms with Gasteiger partial charge in [-0.25, -0.2) is 4.98 Å². The van der Waals surface area contributed by atoms with Gasteiger partial charge in [0.1, 0.15) is 5.82 Å². The zero-order valence-electron chi connectivity index (χ0n) is 14.6. The van der Waals surface area contributed by atoms with E-state index in [9.17, 15) is 4.79 Å². The zero-order valence-corrected chi connectivity index (χ0v) is 14.6. The molecule has 132 valence electrons. The van der Waals surface area contributed by atoms with Gasteiger partial charge < -0.3 is 10.2 Å². The highest BCUT2D eigenvalue weighted by molar-refractivity contribution is 5.97. The lowest BCUT2D eigenvalue weighted by molar-refractivity contribution is -0.119. The van der Waals surface area contributed by atoms with Crippen LogP contribution in [-0.2, 0) is 11.2 Å².